The highest BCUT2D eigenvalue weighted by atomic mass is 32.2. The third kappa shape index (κ3) is 8.66. The van der Waals surface area contributed by atoms with Crippen molar-refractivity contribution in [2.75, 3.05) is 32.4 Å². The van der Waals surface area contributed by atoms with Crippen LogP contribution in [0.2, 0.25) is 0 Å². The number of hydrogen-bond donors (Lipinski definition) is 2. The second kappa shape index (κ2) is 7.41. The Bertz CT molecular complexity index is 308. The largest absolute Gasteiger partial charge is 0.441 e. The van der Waals surface area contributed by atoms with Crippen molar-refractivity contribution in [1.82, 2.24) is 9.03 Å². The molecule has 0 aliphatic heterocycles. The lowest BCUT2D eigenvalue weighted by Crippen LogP contribution is -2.40. The summed E-state index contributed by atoms with van der Waals surface area (Å²) < 4.78 is 61.3. The van der Waals surface area contributed by atoms with E-state index in [4.69, 9.17) is 5.73 Å². The minimum Gasteiger partial charge on any atom is -0.330 e. The van der Waals surface area contributed by atoms with Gasteiger partial charge < -0.3 is 5.73 Å². The van der Waals surface area contributed by atoms with Gasteiger partial charge in [-0.3, -0.25) is 0 Å². The van der Waals surface area contributed by atoms with Gasteiger partial charge in [0, 0.05) is 25.9 Å². The second-order valence-electron chi connectivity index (χ2n) is 3.16. The summed E-state index contributed by atoms with van der Waals surface area (Å²) in [6.45, 7) is 0.321. The van der Waals surface area contributed by atoms with Crippen molar-refractivity contribution in [3.05, 3.63) is 0 Å². The Kier molecular flexibility index (Phi) is 7.40. The molecule has 5 nitrogen and oxygen atoms in total. The van der Waals surface area contributed by atoms with E-state index in [9.17, 15) is 21.6 Å². The molecule has 0 saturated carbocycles. The summed E-state index contributed by atoms with van der Waals surface area (Å²) in [5, 5.41) is 0. The van der Waals surface area contributed by atoms with Gasteiger partial charge in [-0.2, -0.15) is 25.9 Å². The number of nitrogens with zero attached hydrogens (tertiary/aromatic N) is 1. The highest BCUT2D eigenvalue weighted by Gasteiger charge is 2.27. The van der Waals surface area contributed by atoms with Gasteiger partial charge in [0.2, 0.25) is 0 Å². The second-order valence-corrected chi connectivity index (χ2v) is 6.18. The van der Waals surface area contributed by atoms with Crippen LogP contribution in [-0.4, -0.2) is 50.7 Å². The first kappa shape index (κ1) is 17.0. The van der Waals surface area contributed by atoms with Gasteiger partial charge in [-0.1, -0.05) is 0 Å². The van der Waals surface area contributed by atoms with Crippen molar-refractivity contribution in [1.29, 1.82) is 0 Å². The third-order valence-electron chi connectivity index (χ3n) is 1.74. The highest BCUT2D eigenvalue weighted by Crippen LogP contribution is 2.29. The maximum absolute atomic E-state index is 11.8. The molecule has 0 aliphatic rings. The maximum atomic E-state index is 11.8. The molecule has 0 bridgehead atoms. The molecule has 0 saturated heterocycles. The molecule has 0 unspecified atom stereocenters. The summed E-state index contributed by atoms with van der Waals surface area (Å²) in [6.07, 6.45) is 0.495. The molecule has 0 heterocycles. The van der Waals surface area contributed by atoms with Crippen LogP contribution < -0.4 is 10.5 Å². The van der Waals surface area contributed by atoms with Gasteiger partial charge in [0.25, 0.3) is 10.2 Å². The van der Waals surface area contributed by atoms with E-state index in [-0.39, 0.29) is 30.6 Å². The summed E-state index contributed by atoms with van der Waals surface area (Å²) >= 11 is -0.262. The first-order valence-electron chi connectivity index (χ1n) is 4.81. The van der Waals surface area contributed by atoms with Crippen LogP contribution in [0.3, 0.4) is 0 Å². The van der Waals surface area contributed by atoms with E-state index in [1.54, 1.807) is 0 Å². The van der Waals surface area contributed by atoms with Gasteiger partial charge in [-0.05, 0) is 24.7 Å². The molecule has 0 fully saturated rings. The molecule has 0 rings (SSSR count). The molecule has 0 aromatic heterocycles. The number of rotatable bonds is 8. The smallest absolute Gasteiger partial charge is 0.330 e. The van der Waals surface area contributed by atoms with Crippen molar-refractivity contribution in [3.63, 3.8) is 0 Å². The molecule has 17 heavy (non-hydrogen) atoms. The monoisotopic (exact) mass is 295 g/mol. The summed E-state index contributed by atoms with van der Waals surface area (Å²) in [5.41, 5.74) is 0.883. The Morgan fingerprint density at radius 1 is 1.41 bits per heavy atom. The zero-order valence-corrected chi connectivity index (χ0v) is 11.0. The van der Waals surface area contributed by atoms with Crippen LogP contribution in [0.25, 0.3) is 0 Å². The first-order valence-corrected chi connectivity index (χ1v) is 7.23. The standard InChI is InChI=1S/C7H16F3N3O2S2/c1-13(5-2-3-11)17(14,15)12-4-6-16-7(8,9)10/h12H,2-6,11H2,1H3. The van der Waals surface area contributed by atoms with Gasteiger partial charge in [-0.15, -0.1) is 0 Å². The van der Waals surface area contributed by atoms with E-state index in [2.05, 4.69) is 4.72 Å². The lowest BCUT2D eigenvalue weighted by Gasteiger charge is -2.17. The summed E-state index contributed by atoms with van der Waals surface area (Å²) in [4.78, 5) is 0. The molecule has 0 radical (unpaired) electrons. The topological polar surface area (TPSA) is 75.4 Å². The minimum absolute atomic E-state index is 0.234. The van der Waals surface area contributed by atoms with E-state index >= 15 is 0 Å². The van der Waals surface area contributed by atoms with Crippen LogP contribution in [-0.2, 0) is 10.2 Å². The first-order chi connectivity index (χ1) is 7.69. The zero-order chi connectivity index (χ0) is 13.5. The van der Waals surface area contributed by atoms with Crippen LogP contribution in [0.15, 0.2) is 0 Å². The minimum atomic E-state index is -4.34. The Morgan fingerprint density at radius 3 is 2.47 bits per heavy atom. The van der Waals surface area contributed by atoms with Crippen LogP contribution in [0.5, 0.6) is 0 Å². The molecule has 0 spiro atoms. The van der Waals surface area contributed by atoms with Gasteiger partial charge in [0.1, 0.15) is 0 Å². The Hall–Kier alpha value is -0.0300. The fraction of sp³-hybridized carbons (Fsp3) is 1.00. The normalized spacial score (nSPS) is 13.3. The number of halogens is 3. The van der Waals surface area contributed by atoms with Crippen LogP contribution in [0.1, 0.15) is 6.42 Å². The van der Waals surface area contributed by atoms with Crippen molar-refractivity contribution in [2.45, 2.75) is 11.9 Å². The summed E-state index contributed by atoms with van der Waals surface area (Å²) in [7, 11) is -2.36. The molecule has 104 valence electrons. The van der Waals surface area contributed by atoms with Gasteiger partial charge in [-0.25, -0.2) is 4.72 Å². The number of hydrogen-bond acceptors (Lipinski definition) is 4. The molecular weight excluding hydrogens is 279 g/mol. The fourth-order valence-electron chi connectivity index (χ4n) is 0.882. The van der Waals surface area contributed by atoms with E-state index in [0.717, 1.165) is 4.31 Å². The predicted molar refractivity (Wildman–Crippen MR) is 61.7 cm³/mol. The summed E-state index contributed by atoms with van der Waals surface area (Å²) in [6, 6.07) is 0. The Balaban J connectivity index is 3.93. The molecular formula is C7H16F3N3O2S2. The van der Waals surface area contributed by atoms with Gasteiger partial charge >= 0.3 is 5.51 Å². The number of nitrogens with one attached hydrogen (secondary N) is 1. The fourth-order valence-corrected chi connectivity index (χ4v) is 2.40. The molecule has 10 heteroatoms. The van der Waals surface area contributed by atoms with Gasteiger partial charge in [0.05, 0.1) is 0 Å². The van der Waals surface area contributed by atoms with Crippen LogP contribution in [0.4, 0.5) is 13.2 Å². The van der Waals surface area contributed by atoms with Crippen molar-refractivity contribution in [2.24, 2.45) is 5.73 Å². The molecule has 0 aromatic carbocycles. The lowest BCUT2D eigenvalue weighted by atomic mass is 10.4. The molecule has 0 aromatic rings. The molecule has 0 atom stereocenters. The SMILES string of the molecule is CN(CCCN)S(=O)(=O)NCCSC(F)(F)F. The average Bonchev–Trinajstić information content (AvgIpc) is 2.19. The third-order valence-corrected chi connectivity index (χ3v) is 4.05. The lowest BCUT2D eigenvalue weighted by molar-refractivity contribution is -0.0327. The number of thioether (sulfide) groups is 1. The number of alkyl halides is 3. The molecule has 3 N–H and O–H groups in total. The quantitative estimate of drug-likeness (QED) is 0.634. The van der Waals surface area contributed by atoms with Crippen LogP contribution >= 0.6 is 11.8 Å². The Morgan fingerprint density at radius 2 is 2.00 bits per heavy atom. The van der Waals surface area contributed by atoms with E-state index in [0.29, 0.717) is 13.0 Å². The van der Waals surface area contributed by atoms with Gasteiger partial charge in [0.15, 0.2) is 0 Å². The summed E-state index contributed by atoms with van der Waals surface area (Å²) in [5.74, 6) is -0.354. The van der Waals surface area contributed by atoms with E-state index in [1.165, 1.54) is 7.05 Å². The predicted octanol–water partition coefficient (Wildman–Crippen LogP) is 0.354. The molecule has 0 amide bonds. The van der Waals surface area contributed by atoms with Crippen molar-refractivity contribution >= 4 is 22.0 Å². The molecule has 0 aliphatic carbocycles. The van der Waals surface area contributed by atoms with Crippen LogP contribution in [0, 0.1) is 0 Å². The van der Waals surface area contributed by atoms with Crippen molar-refractivity contribution < 1.29 is 21.6 Å². The van der Waals surface area contributed by atoms with E-state index < -0.39 is 15.7 Å². The van der Waals surface area contributed by atoms with E-state index in [1.807, 2.05) is 0 Å². The number of nitrogens with two attached hydrogens (primary N) is 1. The zero-order valence-electron chi connectivity index (χ0n) is 9.33. The van der Waals surface area contributed by atoms with Crippen molar-refractivity contribution in [3.8, 4) is 0 Å². The maximum Gasteiger partial charge on any atom is 0.441 e. The Labute approximate surface area is 103 Å². The highest BCUT2D eigenvalue weighted by molar-refractivity contribution is 8.00. The average molecular weight is 295 g/mol.